The number of hydrogen-bond acceptors (Lipinski definition) is 2. The second kappa shape index (κ2) is 4.03. The third-order valence-electron chi connectivity index (χ3n) is 4.23. The van der Waals surface area contributed by atoms with Crippen molar-refractivity contribution in [2.45, 2.75) is 32.1 Å². The van der Waals surface area contributed by atoms with Crippen molar-refractivity contribution in [3.63, 3.8) is 0 Å². The summed E-state index contributed by atoms with van der Waals surface area (Å²) in [5, 5.41) is 19.0. The highest BCUT2D eigenvalue weighted by Gasteiger charge is 2.44. The van der Waals surface area contributed by atoms with Crippen LogP contribution in [-0.4, -0.2) is 23.4 Å². The van der Waals surface area contributed by atoms with E-state index in [1.807, 2.05) is 0 Å². The Morgan fingerprint density at radius 3 is 2.57 bits per heavy atom. The lowest BCUT2D eigenvalue weighted by atomic mass is 9.59. The molecule has 80 valence electrons. The maximum atomic E-state index is 9.50. The van der Waals surface area contributed by atoms with E-state index in [9.17, 15) is 10.2 Å². The van der Waals surface area contributed by atoms with Gasteiger partial charge in [0.2, 0.25) is 0 Å². The van der Waals surface area contributed by atoms with Crippen LogP contribution in [0.2, 0.25) is 0 Å². The van der Waals surface area contributed by atoms with Crippen LogP contribution in [0.25, 0.3) is 0 Å². The summed E-state index contributed by atoms with van der Waals surface area (Å²) in [5.41, 5.74) is -0.187. The zero-order valence-electron chi connectivity index (χ0n) is 8.65. The molecule has 0 aromatic carbocycles. The van der Waals surface area contributed by atoms with Gasteiger partial charge in [-0.2, -0.15) is 0 Å². The van der Waals surface area contributed by atoms with Crippen LogP contribution in [-0.2, 0) is 0 Å². The number of allylic oxidation sites excluding steroid dienone is 2. The number of fused-ring (bicyclic) bond motifs is 1. The topological polar surface area (TPSA) is 40.5 Å². The fourth-order valence-corrected chi connectivity index (χ4v) is 3.28. The van der Waals surface area contributed by atoms with Gasteiger partial charge in [-0.05, 0) is 37.5 Å². The molecule has 2 nitrogen and oxygen atoms in total. The van der Waals surface area contributed by atoms with Gasteiger partial charge in [-0.25, -0.2) is 0 Å². The zero-order chi connectivity index (χ0) is 10.0. The lowest BCUT2D eigenvalue weighted by Gasteiger charge is -2.47. The standard InChI is InChI=1S/C12H20O2/c13-8-12(9-14)7-3-5-10-4-1-2-6-11(10)12/h1-2,10-11,13-14H,3-9H2. The molecule has 0 aromatic rings. The molecule has 0 heterocycles. The summed E-state index contributed by atoms with van der Waals surface area (Å²) in [4.78, 5) is 0. The van der Waals surface area contributed by atoms with E-state index < -0.39 is 0 Å². The minimum absolute atomic E-state index is 0.151. The van der Waals surface area contributed by atoms with E-state index in [1.165, 1.54) is 6.42 Å². The Morgan fingerprint density at radius 2 is 1.86 bits per heavy atom. The number of aliphatic hydroxyl groups excluding tert-OH is 2. The van der Waals surface area contributed by atoms with Gasteiger partial charge < -0.3 is 10.2 Å². The minimum Gasteiger partial charge on any atom is -0.396 e. The molecule has 14 heavy (non-hydrogen) atoms. The predicted molar refractivity (Wildman–Crippen MR) is 55.8 cm³/mol. The summed E-state index contributed by atoms with van der Waals surface area (Å²) in [7, 11) is 0. The number of aliphatic hydroxyl groups is 2. The van der Waals surface area contributed by atoms with Gasteiger partial charge in [-0.3, -0.25) is 0 Å². The maximum absolute atomic E-state index is 9.50. The van der Waals surface area contributed by atoms with E-state index in [0.717, 1.165) is 25.7 Å². The Morgan fingerprint density at radius 1 is 1.14 bits per heavy atom. The molecule has 2 aliphatic carbocycles. The van der Waals surface area contributed by atoms with E-state index >= 15 is 0 Å². The highest BCUT2D eigenvalue weighted by Crippen LogP contribution is 2.48. The Labute approximate surface area is 85.6 Å². The van der Waals surface area contributed by atoms with Crippen LogP contribution in [0.1, 0.15) is 32.1 Å². The fraction of sp³-hybridized carbons (Fsp3) is 0.833. The molecule has 1 fully saturated rings. The Kier molecular flexibility index (Phi) is 2.93. The summed E-state index contributed by atoms with van der Waals surface area (Å²) >= 11 is 0. The molecule has 2 unspecified atom stereocenters. The molecule has 0 aliphatic heterocycles. The molecule has 0 saturated heterocycles. The monoisotopic (exact) mass is 196 g/mol. The summed E-state index contributed by atoms with van der Waals surface area (Å²) in [6.07, 6.45) is 10.1. The van der Waals surface area contributed by atoms with E-state index in [-0.39, 0.29) is 18.6 Å². The van der Waals surface area contributed by atoms with Crippen molar-refractivity contribution < 1.29 is 10.2 Å². The average molecular weight is 196 g/mol. The summed E-state index contributed by atoms with van der Waals surface area (Å²) < 4.78 is 0. The molecule has 1 saturated carbocycles. The van der Waals surface area contributed by atoms with Crippen LogP contribution < -0.4 is 0 Å². The SMILES string of the molecule is OCC1(CO)CCCC2CC=CCC21. The lowest BCUT2D eigenvalue weighted by Crippen LogP contribution is -2.45. The fourth-order valence-electron chi connectivity index (χ4n) is 3.28. The molecule has 0 spiro atoms. The van der Waals surface area contributed by atoms with Crippen molar-refractivity contribution in [3.05, 3.63) is 12.2 Å². The van der Waals surface area contributed by atoms with Crippen LogP contribution >= 0.6 is 0 Å². The average Bonchev–Trinajstić information content (AvgIpc) is 2.28. The first kappa shape index (κ1) is 10.2. The maximum Gasteiger partial charge on any atom is 0.0512 e. The summed E-state index contributed by atoms with van der Waals surface area (Å²) in [6.45, 7) is 0.303. The molecule has 0 radical (unpaired) electrons. The van der Waals surface area contributed by atoms with Crippen molar-refractivity contribution in [2.75, 3.05) is 13.2 Å². The van der Waals surface area contributed by atoms with E-state index in [4.69, 9.17) is 0 Å². The second-order valence-corrected chi connectivity index (χ2v) is 4.88. The highest BCUT2D eigenvalue weighted by atomic mass is 16.3. The lowest BCUT2D eigenvalue weighted by molar-refractivity contribution is -0.0513. The summed E-state index contributed by atoms with van der Waals surface area (Å²) in [6, 6.07) is 0. The van der Waals surface area contributed by atoms with Crippen LogP contribution in [0.3, 0.4) is 0 Å². The molecule has 0 amide bonds. The minimum atomic E-state index is -0.187. The van der Waals surface area contributed by atoms with E-state index in [2.05, 4.69) is 12.2 Å². The van der Waals surface area contributed by atoms with Crippen LogP contribution in [0.15, 0.2) is 12.2 Å². The molecule has 0 bridgehead atoms. The van der Waals surface area contributed by atoms with Gasteiger partial charge >= 0.3 is 0 Å². The first-order valence-corrected chi connectivity index (χ1v) is 5.69. The van der Waals surface area contributed by atoms with Crippen LogP contribution in [0.4, 0.5) is 0 Å². The molecular formula is C12H20O2. The number of hydrogen-bond donors (Lipinski definition) is 2. The van der Waals surface area contributed by atoms with Gasteiger partial charge in [0, 0.05) is 5.41 Å². The number of rotatable bonds is 2. The van der Waals surface area contributed by atoms with Gasteiger partial charge in [0.1, 0.15) is 0 Å². The molecule has 0 aromatic heterocycles. The second-order valence-electron chi connectivity index (χ2n) is 4.88. The first-order valence-electron chi connectivity index (χ1n) is 5.69. The van der Waals surface area contributed by atoms with Crippen molar-refractivity contribution in [2.24, 2.45) is 17.3 Å². The van der Waals surface area contributed by atoms with Crippen LogP contribution in [0.5, 0.6) is 0 Å². The third-order valence-corrected chi connectivity index (χ3v) is 4.23. The van der Waals surface area contributed by atoms with Crippen molar-refractivity contribution in [3.8, 4) is 0 Å². The van der Waals surface area contributed by atoms with Gasteiger partial charge in [0.15, 0.2) is 0 Å². The van der Waals surface area contributed by atoms with Crippen LogP contribution in [0, 0.1) is 17.3 Å². The molecule has 2 N–H and O–H groups in total. The van der Waals surface area contributed by atoms with Gasteiger partial charge in [-0.15, -0.1) is 0 Å². The van der Waals surface area contributed by atoms with Crippen molar-refractivity contribution in [1.29, 1.82) is 0 Å². The Balaban J connectivity index is 2.20. The molecule has 2 rings (SSSR count). The van der Waals surface area contributed by atoms with Gasteiger partial charge in [0.25, 0.3) is 0 Å². The van der Waals surface area contributed by atoms with Gasteiger partial charge in [-0.1, -0.05) is 18.6 Å². The molecule has 2 atom stereocenters. The zero-order valence-corrected chi connectivity index (χ0v) is 8.65. The van der Waals surface area contributed by atoms with Crippen molar-refractivity contribution in [1.82, 2.24) is 0 Å². The smallest absolute Gasteiger partial charge is 0.0512 e. The third kappa shape index (κ3) is 1.51. The quantitative estimate of drug-likeness (QED) is 0.660. The molecule has 2 aliphatic rings. The first-order chi connectivity index (χ1) is 6.82. The normalized spacial score (nSPS) is 35.3. The van der Waals surface area contributed by atoms with Gasteiger partial charge in [0.05, 0.1) is 13.2 Å². The molecular weight excluding hydrogens is 176 g/mol. The van der Waals surface area contributed by atoms with E-state index in [1.54, 1.807) is 0 Å². The Bertz CT molecular complexity index is 218. The van der Waals surface area contributed by atoms with E-state index in [0.29, 0.717) is 11.8 Å². The summed E-state index contributed by atoms with van der Waals surface area (Å²) in [5.74, 6) is 1.21. The Hall–Kier alpha value is -0.340. The highest BCUT2D eigenvalue weighted by molar-refractivity contribution is 5.03. The molecule has 2 heteroatoms. The largest absolute Gasteiger partial charge is 0.396 e. The van der Waals surface area contributed by atoms with Crippen molar-refractivity contribution >= 4 is 0 Å². The predicted octanol–water partition coefficient (Wildman–Crippen LogP) is 1.72.